The van der Waals surface area contributed by atoms with Crippen LogP contribution < -0.4 is 5.32 Å². The van der Waals surface area contributed by atoms with E-state index in [1.165, 1.54) is 12.1 Å². The first kappa shape index (κ1) is 13.2. The molecule has 2 aromatic carbocycles. The highest BCUT2D eigenvalue weighted by atomic mass is 19.1. The molecule has 0 amide bonds. The highest BCUT2D eigenvalue weighted by molar-refractivity contribution is 5.51. The van der Waals surface area contributed by atoms with E-state index < -0.39 is 5.82 Å². The van der Waals surface area contributed by atoms with Crippen molar-refractivity contribution in [3.8, 4) is 11.4 Å². The molecular weight excluding hydrogens is 269 g/mol. The van der Waals surface area contributed by atoms with Gasteiger partial charge in [0, 0.05) is 24.6 Å². The summed E-state index contributed by atoms with van der Waals surface area (Å²) in [6.07, 6.45) is 3.59. The second kappa shape index (κ2) is 5.66. The lowest BCUT2D eigenvalue weighted by Gasteiger charge is -2.09. The number of nitrogens with zero attached hydrogens (tertiary/aromatic N) is 2. The van der Waals surface area contributed by atoms with Crippen molar-refractivity contribution in [2.24, 2.45) is 0 Å². The molecule has 0 atom stereocenters. The highest BCUT2D eigenvalue weighted by Gasteiger charge is 2.02. The van der Waals surface area contributed by atoms with Crippen molar-refractivity contribution in [3.05, 3.63) is 72.3 Å². The van der Waals surface area contributed by atoms with E-state index in [1.807, 2.05) is 36.5 Å². The Labute approximate surface area is 121 Å². The fraction of sp³-hybridized carbons (Fsp3) is 0.0625. The molecule has 106 valence electrons. The molecule has 1 aromatic heterocycles. The van der Waals surface area contributed by atoms with Gasteiger partial charge in [-0.2, -0.15) is 5.10 Å². The van der Waals surface area contributed by atoms with E-state index >= 15 is 0 Å². The molecule has 0 saturated heterocycles. The number of benzene rings is 2. The van der Waals surface area contributed by atoms with Crippen molar-refractivity contribution in [1.29, 1.82) is 0 Å². The van der Waals surface area contributed by atoms with Crippen molar-refractivity contribution in [3.63, 3.8) is 0 Å². The van der Waals surface area contributed by atoms with Crippen LogP contribution in [0.15, 0.2) is 60.9 Å². The summed E-state index contributed by atoms with van der Waals surface area (Å²) < 4.78 is 15.0. The van der Waals surface area contributed by atoms with Gasteiger partial charge < -0.3 is 10.4 Å². The van der Waals surface area contributed by atoms with Crippen LogP contribution in [-0.2, 0) is 6.54 Å². The molecule has 2 N–H and O–H groups in total. The summed E-state index contributed by atoms with van der Waals surface area (Å²) in [5.74, 6) is -0.945. The average Bonchev–Trinajstić information content (AvgIpc) is 3.03. The number of halogens is 1. The van der Waals surface area contributed by atoms with Crippen molar-refractivity contribution in [2.45, 2.75) is 6.54 Å². The van der Waals surface area contributed by atoms with Crippen LogP contribution in [0.1, 0.15) is 5.56 Å². The van der Waals surface area contributed by atoms with Gasteiger partial charge >= 0.3 is 0 Å². The molecular formula is C16H14FN3O. The minimum Gasteiger partial charge on any atom is -0.505 e. The van der Waals surface area contributed by atoms with E-state index in [1.54, 1.807) is 16.9 Å². The monoisotopic (exact) mass is 283 g/mol. The average molecular weight is 283 g/mol. The Morgan fingerprint density at radius 3 is 2.81 bits per heavy atom. The van der Waals surface area contributed by atoms with Crippen LogP contribution in [0.2, 0.25) is 0 Å². The molecule has 21 heavy (non-hydrogen) atoms. The molecule has 0 radical (unpaired) electrons. The van der Waals surface area contributed by atoms with Gasteiger partial charge in [0.1, 0.15) is 0 Å². The van der Waals surface area contributed by atoms with Gasteiger partial charge in [0.05, 0.1) is 5.69 Å². The summed E-state index contributed by atoms with van der Waals surface area (Å²) in [4.78, 5) is 0. The van der Waals surface area contributed by atoms with Crippen LogP contribution in [0.3, 0.4) is 0 Å². The molecule has 0 spiro atoms. The van der Waals surface area contributed by atoms with Crippen LogP contribution >= 0.6 is 0 Å². The van der Waals surface area contributed by atoms with Crippen LogP contribution in [0.4, 0.5) is 10.1 Å². The predicted molar refractivity (Wildman–Crippen MR) is 79.0 cm³/mol. The molecule has 0 aliphatic heterocycles. The van der Waals surface area contributed by atoms with E-state index in [0.717, 1.165) is 16.9 Å². The number of phenolic OH excluding ortho intramolecular Hbond substituents is 1. The topological polar surface area (TPSA) is 50.1 Å². The normalized spacial score (nSPS) is 10.5. The highest BCUT2D eigenvalue weighted by Crippen LogP contribution is 2.18. The molecule has 3 rings (SSSR count). The van der Waals surface area contributed by atoms with Gasteiger partial charge in [0.25, 0.3) is 0 Å². The van der Waals surface area contributed by atoms with Crippen LogP contribution in [0, 0.1) is 5.82 Å². The lowest BCUT2D eigenvalue weighted by molar-refractivity contribution is 0.432. The molecule has 3 aromatic rings. The first-order valence-corrected chi connectivity index (χ1v) is 6.54. The van der Waals surface area contributed by atoms with Gasteiger partial charge in [-0.15, -0.1) is 0 Å². The zero-order chi connectivity index (χ0) is 14.7. The smallest absolute Gasteiger partial charge is 0.165 e. The van der Waals surface area contributed by atoms with Crippen LogP contribution in [-0.4, -0.2) is 14.9 Å². The molecule has 0 aliphatic carbocycles. The quantitative estimate of drug-likeness (QED) is 0.772. The summed E-state index contributed by atoms with van der Waals surface area (Å²) in [5.41, 5.74) is 2.62. The Kier molecular flexibility index (Phi) is 3.55. The molecule has 0 fully saturated rings. The number of rotatable bonds is 4. The largest absolute Gasteiger partial charge is 0.505 e. The number of aromatic hydroxyl groups is 1. The lowest BCUT2D eigenvalue weighted by Crippen LogP contribution is -2.01. The summed E-state index contributed by atoms with van der Waals surface area (Å²) in [6, 6.07) is 14.0. The summed E-state index contributed by atoms with van der Waals surface area (Å²) in [7, 11) is 0. The third-order valence-electron chi connectivity index (χ3n) is 3.12. The molecule has 0 aliphatic rings. The van der Waals surface area contributed by atoms with Crippen LogP contribution in [0.25, 0.3) is 5.69 Å². The summed E-state index contributed by atoms with van der Waals surface area (Å²) in [6.45, 7) is 0.472. The van der Waals surface area contributed by atoms with Crippen molar-refractivity contribution < 1.29 is 9.50 Å². The van der Waals surface area contributed by atoms with Crippen molar-refractivity contribution in [1.82, 2.24) is 9.78 Å². The third kappa shape index (κ3) is 3.02. The predicted octanol–water partition coefficient (Wildman–Crippen LogP) is 3.33. The first-order valence-electron chi connectivity index (χ1n) is 6.54. The second-order valence-electron chi connectivity index (χ2n) is 4.64. The van der Waals surface area contributed by atoms with Gasteiger partial charge in [-0.1, -0.05) is 12.1 Å². The van der Waals surface area contributed by atoms with Crippen molar-refractivity contribution in [2.75, 3.05) is 5.32 Å². The molecule has 0 bridgehead atoms. The van der Waals surface area contributed by atoms with Gasteiger partial charge in [0.15, 0.2) is 11.6 Å². The fourth-order valence-corrected chi connectivity index (χ4v) is 2.04. The Morgan fingerprint density at radius 1 is 1.14 bits per heavy atom. The number of anilines is 1. The Morgan fingerprint density at radius 2 is 2.05 bits per heavy atom. The lowest BCUT2D eigenvalue weighted by atomic mass is 10.2. The maximum atomic E-state index is 13.3. The number of hydrogen-bond acceptors (Lipinski definition) is 3. The summed E-state index contributed by atoms with van der Waals surface area (Å²) in [5, 5.41) is 16.6. The van der Waals surface area contributed by atoms with Gasteiger partial charge in [-0.05, 0) is 42.0 Å². The van der Waals surface area contributed by atoms with Gasteiger partial charge in [-0.25, -0.2) is 9.07 Å². The molecule has 0 unspecified atom stereocenters. The minimum absolute atomic E-state index is 0.334. The van der Waals surface area contributed by atoms with E-state index in [2.05, 4.69) is 10.4 Å². The van der Waals surface area contributed by atoms with Crippen molar-refractivity contribution >= 4 is 5.69 Å². The fourth-order valence-electron chi connectivity index (χ4n) is 2.04. The Bertz CT molecular complexity index is 741. The zero-order valence-electron chi connectivity index (χ0n) is 11.2. The standard InChI is InChI=1S/C16H14FN3O/c17-15-9-12(5-6-16(15)21)11-18-13-3-1-4-14(10-13)20-8-2-7-19-20/h1-10,18,21H,11H2. The zero-order valence-corrected chi connectivity index (χ0v) is 11.2. The number of hydrogen-bond donors (Lipinski definition) is 2. The first-order chi connectivity index (χ1) is 10.2. The minimum atomic E-state index is -0.611. The van der Waals surface area contributed by atoms with E-state index in [9.17, 15) is 4.39 Å². The number of phenols is 1. The summed E-state index contributed by atoms with van der Waals surface area (Å²) >= 11 is 0. The van der Waals surface area contributed by atoms with E-state index in [-0.39, 0.29) is 5.75 Å². The van der Waals surface area contributed by atoms with Gasteiger partial charge in [-0.3, -0.25) is 0 Å². The number of aromatic nitrogens is 2. The molecule has 0 saturated carbocycles. The second-order valence-corrected chi connectivity index (χ2v) is 4.64. The SMILES string of the molecule is Oc1ccc(CNc2cccc(-n3cccn3)c2)cc1F. The maximum Gasteiger partial charge on any atom is 0.165 e. The van der Waals surface area contributed by atoms with E-state index in [4.69, 9.17) is 5.11 Å². The van der Waals surface area contributed by atoms with Crippen LogP contribution in [0.5, 0.6) is 5.75 Å². The molecule has 4 nitrogen and oxygen atoms in total. The van der Waals surface area contributed by atoms with Gasteiger partial charge in [0.2, 0.25) is 0 Å². The van der Waals surface area contributed by atoms with E-state index in [0.29, 0.717) is 6.54 Å². The molecule has 1 heterocycles. The molecule has 5 heteroatoms. The Hall–Kier alpha value is -2.82. The third-order valence-corrected chi connectivity index (χ3v) is 3.12. The number of nitrogens with one attached hydrogen (secondary N) is 1. The Balaban J connectivity index is 1.73. The maximum absolute atomic E-state index is 13.3.